The zero-order valence-corrected chi connectivity index (χ0v) is 10.7. The first kappa shape index (κ1) is 11.5. The molecule has 0 fully saturated rings. The summed E-state index contributed by atoms with van der Waals surface area (Å²) in [5, 5.41) is 0. The molecule has 0 N–H and O–H groups in total. The van der Waals surface area contributed by atoms with Crippen LogP contribution in [-0.2, 0) is 6.42 Å². The highest BCUT2D eigenvalue weighted by Gasteiger charge is 2.33. The van der Waals surface area contributed by atoms with Gasteiger partial charge in [-0.2, -0.15) is 0 Å². The van der Waals surface area contributed by atoms with Crippen molar-refractivity contribution in [3.63, 3.8) is 0 Å². The molecule has 0 aliphatic heterocycles. The summed E-state index contributed by atoms with van der Waals surface area (Å²) in [6.07, 6.45) is 8.69. The van der Waals surface area contributed by atoms with Crippen molar-refractivity contribution in [1.82, 2.24) is 0 Å². The molecular formula is C16H18O2. The summed E-state index contributed by atoms with van der Waals surface area (Å²) in [6.45, 7) is 0. The maximum atomic E-state index is 12.5. The predicted molar refractivity (Wildman–Crippen MR) is 71.0 cm³/mol. The number of aryl methyl sites for hydroxylation is 1. The van der Waals surface area contributed by atoms with Crippen LogP contribution in [0.25, 0.3) is 0 Å². The highest BCUT2D eigenvalue weighted by atomic mass is 16.5. The Morgan fingerprint density at radius 3 is 2.89 bits per heavy atom. The Labute approximate surface area is 108 Å². The number of benzene rings is 1. The van der Waals surface area contributed by atoms with Crippen LogP contribution in [0.15, 0.2) is 30.4 Å². The topological polar surface area (TPSA) is 26.3 Å². The lowest BCUT2D eigenvalue weighted by Crippen LogP contribution is -2.27. The molecule has 1 aromatic rings. The minimum absolute atomic E-state index is 0.199. The summed E-state index contributed by atoms with van der Waals surface area (Å²) in [6, 6.07) is 5.83. The SMILES string of the molecule is COc1ccc2c(c1)CC[C@@H]([C@@H]1C=CCC1)C2=O. The Bertz CT molecular complexity index is 502. The number of hydrogen-bond acceptors (Lipinski definition) is 2. The molecule has 0 saturated carbocycles. The van der Waals surface area contributed by atoms with Gasteiger partial charge in [0.25, 0.3) is 0 Å². The molecule has 94 valence electrons. The van der Waals surface area contributed by atoms with Crippen LogP contribution >= 0.6 is 0 Å². The third-order valence-corrected chi connectivity index (χ3v) is 4.21. The quantitative estimate of drug-likeness (QED) is 0.743. The van der Waals surface area contributed by atoms with Crippen molar-refractivity contribution in [1.29, 1.82) is 0 Å². The highest BCUT2D eigenvalue weighted by molar-refractivity contribution is 6.00. The fourth-order valence-corrected chi connectivity index (χ4v) is 3.19. The molecule has 18 heavy (non-hydrogen) atoms. The number of ketones is 1. The van der Waals surface area contributed by atoms with E-state index in [-0.39, 0.29) is 5.92 Å². The molecule has 2 heteroatoms. The molecule has 0 saturated heterocycles. The van der Waals surface area contributed by atoms with Gasteiger partial charge >= 0.3 is 0 Å². The van der Waals surface area contributed by atoms with E-state index in [1.807, 2.05) is 18.2 Å². The van der Waals surface area contributed by atoms with E-state index in [0.29, 0.717) is 11.7 Å². The third kappa shape index (κ3) is 1.86. The first-order chi connectivity index (χ1) is 8.79. The third-order valence-electron chi connectivity index (χ3n) is 4.21. The molecular weight excluding hydrogens is 224 g/mol. The molecule has 2 aliphatic rings. The van der Waals surface area contributed by atoms with Crippen LogP contribution in [-0.4, -0.2) is 12.9 Å². The van der Waals surface area contributed by atoms with Crippen LogP contribution in [0.4, 0.5) is 0 Å². The zero-order chi connectivity index (χ0) is 12.5. The van der Waals surface area contributed by atoms with Crippen molar-refractivity contribution in [2.24, 2.45) is 11.8 Å². The van der Waals surface area contributed by atoms with Gasteiger partial charge < -0.3 is 4.74 Å². The number of rotatable bonds is 2. The van der Waals surface area contributed by atoms with Gasteiger partial charge in [0.2, 0.25) is 0 Å². The van der Waals surface area contributed by atoms with Gasteiger partial charge in [0.05, 0.1) is 7.11 Å². The lowest BCUT2D eigenvalue weighted by Gasteiger charge is -2.27. The van der Waals surface area contributed by atoms with E-state index in [0.717, 1.165) is 42.6 Å². The van der Waals surface area contributed by atoms with Crippen molar-refractivity contribution >= 4 is 5.78 Å². The smallest absolute Gasteiger partial charge is 0.166 e. The number of Topliss-reactive ketones (excluding diaryl/α,β-unsaturated/α-hetero) is 1. The van der Waals surface area contributed by atoms with E-state index in [1.165, 1.54) is 0 Å². The molecule has 2 atom stereocenters. The monoisotopic (exact) mass is 242 g/mol. The summed E-state index contributed by atoms with van der Waals surface area (Å²) < 4.78 is 5.22. The molecule has 0 amide bonds. The summed E-state index contributed by atoms with van der Waals surface area (Å²) in [7, 11) is 1.67. The first-order valence-electron chi connectivity index (χ1n) is 6.67. The average molecular weight is 242 g/mol. The Morgan fingerprint density at radius 2 is 2.17 bits per heavy atom. The maximum absolute atomic E-state index is 12.5. The predicted octanol–water partition coefficient (Wildman–Crippen LogP) is 3.41. The van der Waals surface area contributed by atoms with Crippen LogP contribution in [0.2, 0.25) is 0 Å². The standard InChI is InChI=1S/C16H18O2/c1-18-13-7-9-15-12(10-13)6-8-14(16(15)17)11-4-2-3-5-11/h2,4,7,9-11,14H,3,5-6,8H2,1H3/t11-,14+/m1/s1. The first-order valence-corrected chi connectivity index (χ1v) is 6.67. The summed E-state index contributed by atoms with van der Waals surface area (Å²) in [5.41, 5.74) is 2.06. The summed E-state index contributed by atoms with van der Waals surface area (Å²) in [5.74, 6) is 1.84. The van der Waals surface area contributed by atoms with E-state index >= 15 is 0 Å². The van der Waals surface area contributed by atoms with Gasteiger partial charge in [-0.1, -0.05) is 12.2 Å². The molecule has 0 heterocycles. The van der Waals surface area contributed by atoms with E-state index in [1.54, 1.807) is 7.11 Å². The molecule has 0 spiro atoms. The molecule has 2 aliphatic carbocycles. The Morgan fingerprint density at radius 1 is 1.28 bits per heavy atom. The van der Waals surface area contributed by atoms with Crippen molar-refractivity contribution < 1.29 is 9.53 Å². The largest absolute Gasteiger partial charge is 0.497 e. The molecule has 3 rings (SSSR count). The minimum atomic E-state index is 0.199. The summed E-state index contributed by atoms with van der Waals surface area (Å²) >= 11 is 0. The fraction of sp³-hybridized carbons (Fsp3) is 0.438. The second kappa shape index (κ2) is 4.60. The number of ether oxygens (including phenoxy) is 1. The van der Waals surface area contributed by atoms with Crippen molar-refractivity contribution in [3.05, 3.63) is 41.5 Å². The number of carbonyl (C=O) groups excluding carboxylic acids is 1. The van der Waals surface area contributed by atoms with Crippen molar-refractivity contribution in [2.45, 2.75) is 25.7 Å². The number of hydrogen-bond donors (Lipinski definition) is 0. The lowest BCUT2D eigenvalue weighted by atomic mass is 9.76. The van der Waals surface area contributed by atoms with E-state index < -0.39 is 0 Å². The van der Waals surface area contributed by atoms with E-state index in [2.05, 4.69) is 12.2 Å². The Balaban J connectivity index is 1.89. The Hall–Kier alpha value is -1.57. The lowest BCUT2D eigenvalue weighted by molar-refractivity contribution is 0.0867. The van der Waals surface area contributed by atoms with Gasteiger partial charge in [-0.3, -0.25) is 4.79 Å². The second-order valence-electron chi connectivity index (χ2n) is 5.20. The minimum Gasteiger partial charge on any atom is -0.497 e. The van der Waals surface area contributed by atoms with Gasteiger partial charge in [-0.15, -0.1) is 0 Å². The zero-order valence-electron chi connectivity index (χ0n) is 10.7. The molecule has 0 aromatic heterocycles. The fourth-order valence-electron chi connectivity index (χ4n) is 3.19. The van der Waals surface area contributed by atoms with Crippen LogP contribution in [0.1, 0.15) is 35.2 Å². The highest BCUT2D eigenvalue weighted by Crippen LogP contribution is 2.36. The van der Waals surface area contributed by atoms with Gasteiger partial charge in [0, 0.05) is 11.5 Å². The number of fused-ring (bicyclic) bond motifs is 1. The van der Waals surface area contributed by atoms with E-state index in [4.69, 9.17) is 4.74 Å². The average Bonchev–Trinajstić information content (AvgIpc) is 2.92. The second-order valence-corrected chi connectivity index (χ2v) is 5.20. The number of carbonyl (C=O) groups is 1. The normalized spacial score (nSPS) is 26.2. The maximum Gasteiger partial charge on any atom is 0.166 e. The Kier molecular flexibility index (Phi) is 2.94. The van der Waals surface area contributed by atoms with Gasteiger partial charge in [0.1, 0.15) is 5.75 Å². The molecule has 0 bridgehead atoms. The van der Waals surface area contributed by atoms with Crippen molar-refractivity contribution in [2.75, 3.05) is 7.11 Å². The van der Waals surface area contributed by atoms with Gasteiger partial charge in [0.15, 0.2) is 5.78 Å². The number of methoxy groups -OCH3 is 1. The molecule has 0 unspecified atom stereocenters. The van der Waals surface area contributed by atoms with Crippen LogP contribution in [0, 0.1) is 11.8 Å². The molecule has 0 radical (unpaired) electrons. The summed E-state index contributed by atoms with van der Waals surface area (Å²) in [4.78, 5) is 12.5. The van der Waals surface area contributed by atoms with Crippen molar-refractivity contribution in [3.8, 4) is 5.75 Å². The molecule has 2 nitrogen and oxygen atoms in total. The molecule has 1 aromatic carbocycles. The van der Waals surface area contributed by atoms with Gasteiger partial charge in [-0.25, -0.2) is 0 Å². The number of allylic oxidation sites excluding steroid dienone is 2. The van der Waals surface area contributed by atoms with Gasteiger partial charge in [-0.05, 0) is 55.4 Å². The van der Waals surface area contributed by atoms with E-state index in [9.17, 15) is 4.79 Å². The van der Waals surface area contributed by atoms with Crippen LogP contribution < -0.4 is 4.74 Å². The van der Waals surface area contributed by atoms with Crippen LogP contribution in [0.5, 0.6) is 5.75 Å². The van der Waals surface area contributed by atoms with Crippen LogP contribution in [0.3, 0.4) is 0 Å².